The first-order chi connectivity index (χ1) is 9.20. The molecule has 2 N–H and O–H groups in total. The van der Waals surface area contributed by atoms with Crippen molar-refractivity contribution in [1.82, 2.24) is 10.6 Å². The van der Waals surface area contributed by atoms with Crippen molar-refractivity contribution in [3.63, 3.8) is 0 Å². The van der Waals surface area contributed by atoms with E-state index in [2.05, 4.69) is 10.6 Å². The Morgan fingerprint density at radius 2 is 1.75 bits per heavy atom. The number of hydrogen-bond acceptors (Lipinski definition) is 2. The van der Waals surface area contributed by atoms with Crippen molar-refractivity contribution in [1.29, 1.82) is 0 Å². The molecule has 1 unspecified atom stereocenters. The minimum atomic E-state index is -0.561. The molecule has 0 bridgehead atoms. The minimum Gasteiger partial charge on any atom is -0.350 e. The number of rotatable bonds is 4. The molecule has 0 aliphatic heterocycles. The average molecular weight is 297 g/mol. The Labute approximate surface area is 124 Å². The number of carbonyl (C=O) groups is 2. The van der Waals surface area contributed by atoms with Crippen molar-refractivity contribution >= 4 is 23.4 Å². The number of carbonyl (C=O) groups excluding carboxylic acids is 2. The van der Waals surface area contributed by atoms with E-state index in [-0.39, 0.29) is 11.8 Å². The average Bonchev–Trinajstić information content (AvgIpc) is 2.36. The van der Waals surface area contributed by atoms with E-state index in [1.54, 1.807) is 39.8 Å². The molecule has 0 spiro atoms. The number of hydrogen-bond donors (Lipinski definition) is 2. The summed E-state index contributed by atoms with van der Waals surface area (Å²) in [5.74, 6) is -0.357. The zero-order valence-corrected chi connectivity index (χ0v) is 13.0. The highest BCUT2D eigenvalue weighted by Crippen LogP contribution is 2.13. The molecule has 0 aromatic heterocycles. The van der Waals surface area contributed by atoms with Gasteiger partial charge in [-0.1, -0.05) is 44.5 Å². The van der Waals surface area contributed by atoms with Crippen LogP contribution in [0.2, 0.25) is 5.02 Å². The van der Waals surface area contributed by atoms with Gasteiger partial charge in [-0.3, -0.25) is 9.59 Å². The number of benzene rings is 1. The van der Waals surface area contributed by atoms with Gasteiger partial charge in [0, 0.05) is 17.0 Å². The molecule has 5 heteroatoms. The largest absolute Gasteiger partial charge is 0.350 e. The summed E-state index contributed by atoms with van der Waals surface area (Å²) >= 11 is 5.79. The molecule has 0 aliphatic rings. The predicted molar refractivity (Wildman–Crippen MR) is 80.4 cm³/mol. The summed E-state index contributed by atoms with van der Waals surface area (Å²) in [4.78, 5) is 23.7. The highest BCUT2D eigenvalue weighted by atomic mass is 35.5. The van der Waals surface area contributed by atoms with Crippen LogP contribution >= 0.6 is 11.6 Å². The van der Waals surface area contributed by atoms with Crippen LogP contribution in [0.5, 0.6) is 0 Å². The number of nitrogens with one attached hydrogen (secondary N) is 2. The summed E-state index contributed by atoms with van der Waals surface area (Å²) in [5, 5.41) is 6.13. The van der Waals surface area contributed by atoms with Crippen LogP contribution in [0.25, 0.3) is 0 Å². The molecule has 0 fully saturated rings. The van der Waals surface area contributed by atoms with Gasteiger partial charge < -0.3 is 10.6 Å². The zero-order valence-electron chi connectivity index (χ0n) is 12.3. The van der Waals surface area contributed by atoms with Crippen LogP contribution in [0.4, 0.5) is 0 Å². The molecule has 0 saturated heterocycles. The van der Waals surface area contributed by atoms with E-state index in [0.29, 0.717) is 11.6 Å². The van der Waals surface area contributed by atoms with Crippen LogP contribution in [0.15, 0.2) is 24.3 Å². The smallest absolute Gasteiger partial charge is 0.242 e. The van der Waals surface area contributed by atoms with Crippen molar-refractivity contribution in [3.05, 3.63) is 34.9 Å². The molecule has 1 rings (SSSR count). The number of halogens is 1. The van der Waals surface area contributed by atoms with Gasteiger partial charge in [0.2, 0.25) is 11.8 Å². The second-order valence-electron chi connectivity index (χ2n) is 5.79. The van der Waals surface area contributed by atoms with Crippen molar-refractivity contribution in [3.8, 4) is 0 Å². The first-order valence-electron chi connectivity index (χ1n) is 6.53. The van der Waals surface area contributed by atoms with Gasteiger partial charge in [0.15, 0.2) is 0 Å². The van der Waals surface area contributed by atoms with Gasteiger partial charge in [0.25, 0.3) is 0 Å². The quantitative estimate of drug-likeness (QED) is 0.897. The highest BCUT2D eigenvalue weighted by Gasteiger charge is 2.24. The van der Waals surface area contributed by atoms with Crippen LogP contribution in [0, 0.1) is 5.41 Å². The molecule has 0 saturated carbocycles. The third-order valence-electron chi connectivity index (χ3n) is 2.80. The Kier molecular flexibility index (Phi) is 5.57. The lowest BCUT2D eigenvalue weighted by molar-refractivity contribution is -0.133. The maximum Gasteiger partial charge on any atom is 0.242 e. The topological polar surface area (TPSA) is 58.2 Å². The molecule has 4 nitrogen and oxygen atoms in total. The molecule has 110 valence electrons. The van der Waals surface area contributed by atoms with E-state index in [9.17, 15) is 9.59 Å². The summed E-state index contributed by atoms with van der Waals surface area (Å²) in [6.07, 6.45) is 0. The van der Waals surface area contributed by atoms with Crippen LogP contribution in [0.3, 0.4) is 0 Å². The van der Waals surface area contributed by atoms with Gasteiger partial charge in [-0.05, 0) is 24.6 Å². The molecule has 1 aromatic rings. The van der Waals surface area contributed by atoms with Crippen LogP contribution < -0.4 is 10.6 Å². The molecule has 0 aliphatic carbocycles. The van der Waals surface area contributed by atoms with Crippen molar-refractivity contribution in [2.24, 2.45) is 5.41 Å². The third kappa shape index (κ3) is 5.21. The molecule has 1 aromatic carbocycles. The van der Waals surface area contributed by atoms with E-state index in [4.69, 9.17) is 11.6 Å². The van der Waals surface area contributed by atoms with E-state index < -0.39 is 11.5 Å². The van der Waals surface area contributed by atoms with Crippen LogP contribution in [-0.2, 0) is 16.1 Å². The Bertz CT molecular complexity index is 478. The molecule has 0 heterocycles. The van der Waals surface area contributed by atoms with Gasteiger partial charge in [0.1, 0.15) is 6.04 Å². The van der Waals surface area contributed by atoms with Crippen LogP contribution in [-0.4, -0.2) is 17.9 Å². The fourth-order valence-corrected chi connectivity index (χ4v) is 1.55. The van der Waals surface area contributed by atoms with E-state index in [1.807, 2.05) is 12.1 Å². The maximum atomic E-state index is 11.9. The van der Waals surface area contributed by atoms with Gasteiger partial charge in [0.05, 0.1) is 0 Å². The van der Waals surface area contributed by atoms with Crippen molar-refractivity contribution < 1.29 is 9.59 Å². The van der Waals surface area contributed by atoms with Gasteiger partial charge >= 0.3 is 0 Å². The summed E-state index contributed by atoms with van der Waals surface area (Å²) < 4.78 is 0. The monoisotopic (exact) mass is 296 g/mol. The number of amides is 2. The lowest BCUT2D eigenvalue weighted by atomic mass is 9.95. The van der Waals surface area contributed by atoms with Gasteiger partial charge in [-0.15, -0.1) is 0 Å². The van der Waals surface area contributed by atoms with E-state index >= 15 is 0 Å². The molecular formula is C15H21ClN2O2. The summed E-state index contributed by atoms with van der Waals surface area (Å²) in [7, 11) is 0. The first-order valence-corrected chi connectivity index (χ1v) is 6.91. The first kappa shape index (κ1) is 16.5. The van der Waals surface area contributed by atoms with Gasteiger partial charge in [-0.2, -0.15) is 0 Å². The maximum absolute atomic E-state index is 11.9. The van der Waals surface area contributed by atoms with E-state index in [0.717, 1.165) is 5.56 Å². The standard InChI is InChI=1S/C15H21ClN2O2/c1-10(18-14(20)15(2,3)4)13(19)17-9-11-5-7-12(16)8-6-11/h5-8,10H,9H2,1-4H3,(H,17,19)(H,18,20). The van der Waals surface area contributed by atoms with Crippen LogP contribution in [0.1, 0.15) is 33.3 Å². The highest BCUT2D eigenvalue weighted by molar-refractivity contribution is 6.30. The zero-order chi connectivity index (χ0) is 15.3. The lowest BCUT2D eigenvalue weighted by Crippen LogP contribution is -2.48. The minimum absolute atomic E-state index is 0.147. The molecule has 2 amide bonds. The SMILES string of the molecule is CC(NC(=O)C(C)(C)C)C(=O)NCc1ccc(Cl)cc1. The van der Waals surface area contributed by atoms with E-state index in [1.165, 1.54) is 0 Å². The fraction of sp³-hybridized carbons (Fsp3) is 0.467. The second kappa shape index (κ2) is 6.75. The Hall–Kier alpha value is -1.55. The summed E-state index contributed by atoms with van der Waals surface area (Å²) in [6.45, 7) is 7.49. The third-order valence-corrected chi connectivity index (χ3v) is 3.05. The molecule has 20 heavy (non-hydrogen) atoms. The summed E-state index contributed by atoms with van der Waals surface area (Å²) in [6, 6.07) is 6.68. The molecular weight excluding hydrogens is 276 g/mol. The summed E-state index contributed by atoms with van der Waals surface area (Å²) in [5.41, 5.74) is 0.446. The predicted octanol–water partition coefficient (Wildman–Crippen LogP) is 2.51. The Balaban J connectivity index is 2.46. The fourth-order valence-electron chi connectivity index (χ4n) is 1.42. The normalized spacial score (nSPS) is 12.7. The molecule has 1 atom stereocenters. The Morgan fingerprint density at radius 1 is 1.20 bits per heavy atom. The second-order valence-corrected chi connectivity index (χ2v) is 6.23. The molecule has 0 radical (unpaired) electrons. The Morgan fingerprint density at radius 3 is 2.25 bits per heavy atom. The van der Waals surface area contributed by atoms with Crippen molar-refractivity contribution in [2.75, 3.05) is 0 Å². The lowest BCUT2D eigenvalue weighted by Gasteiger charge is -2.21. The van der Waals surface area contributed by atoms with Crippen molar-refractivity contribution in [2.45, 2.75) is 40.3 Å². The van der Waals surface area contributed by atoms with Gasteiger partial charge in [-0.25, -0.2) is 0 Å².